The first-order valence-corrected chi connectivity index (χ1v) is 9.08. The van der Waals surface area contributed by atoms with E-state index in [9.17, 15) is 4.79 Å². The van der Waals surface area contributed by atoms with Crippen molar-refractivity contribution in [2.45, 2.75) is 24.4 Å². The minimum absolute atomic E-state index is 0.201. The van der Waals surface area contributed by atoms with Gasteiger partial charge in [-0.3, -0.25) is 4.79 Å². The van der Waals surface area contributed by atoms with E-state index in [1.807, 2.05) is 29.2 Å². The molecule has 120 valence electrons. The Kier molecular flexibility index (Phi) is 5.29. The summed E-state index contributed by atoms with van der Waals surface area (Å²) in [5.41, 5.74) is 1.19. The molecule has 1 aromatic carbocycles. The van der Waals surface area contributed by atoms with Gasteiger partial charge in [-0.05, 0) is 17.7 Å². The van der Waals surface area contributed by atoms with Gasteiger partial charge in [0.15, 0.2) is 5.79 Å². The molecule has 0 aromatic heterocycles. The molecule has 0 unspecified atom stereocenters. The zero-order chi connectivity index (χ0) is 15.4. The number of likely N-dealkylation sites (tertiary alicyclic amines) is 1. The normalized spacial score (nSPS) is 20.5. The lowest BCUT2D eigenvalue weighted by molar-refractivity contribution is -0.186. The predicted octanol–water partition coefficient (Wildman–Crippen LogP) is 2.94. The number of carbonyl (C=O) groups is 1. The molecule has 0 radical (unpaired) electrons. The molecule has 22 heavy (non-hydrogen) atoms. The highest BCUT2D eigenvalue weighted by Crippen LogP contribution is 2.31. The number of thioether (sulfide) groups is 1. The van der Waals surface area contributed by atoms with Crippen LogP contribution in [0.1, 0.15) is 18.4 Å². The maximum Gasteiger partial charge on any atom is 0.232 e. The van der Waals surface area contributed by atoms with Crippen molar-refractivity contribution in [1.82, 2.24) is 4.90 Å². The number of nitrogens with zero attached hydrogens (tertiary/aromatic N) is 1. The summed E-state index contributed by atoms with van der Waals surface area (Å²) >= 11 is 7.50. The number of hydrogen-bond acceptors (Lipinski definition) is 4. The van der Waals surface area contributed by atoms with Crippen LogP contribution in [0.25, 0.3) is 0 Å². The van der Waals surface area contributed by atoms with Gasteiger partial charge in [-0.1, -0.05) is 23.7 Å². The molecule has 0 N–H and O–H groups in total. The molecule has 6 heteroatoms. The smallest absolute Gasteiger partial charge is 0.232 e. The Morgan fingerprint density at radius 3 is 2.45 bits per heavy atom. The van der Waals surface area contributed by atoms with Crippen LogP contribution in [0.2, 0.25) is 5.02 Å². The number of ether oxygens (including phenoxy) is 2. The van der Waals surface area contributed by atoms with Gasteiger partial charge in [-0.2, -0.15) is 0 Å². The van der Waals surface area contributed by atoms with E-state index in [-0.39, 0.29) is 5.91 Å². The van der Waals surface area contributed by atoms with Crippen molar-refractivity contribution in [3.05, 3.63) is 34.9 Å². The van der Waals surface area contributed by atoms with E-state index in [0.29, 0.717) is 19.0 Å². The van der Waals surface area contributed by atoms with Crippen molar-refractivity contribution in [2.75, 3.05) is 32.1 Å². The van der Waals surface area contributed by atoms with Crippen LogP contribution in [-0.2, 0) is 20.0 Å². The molecule has 0 bridgehead atoms. The average molecular weight is 342 g/mol. The number of hydrogen-bond donors (Lipinski definition) is 0. The lowest BCUT2D eigenvalue weighted by Crippen LogP contribution is -2.47. The van der Waals surface area contributed by atoms with Crippen LogP contribution in [0.15, 0.2) is 24.3 Å². The second kappa shape index (κ2) is 7.21. The molecule has 1 spiro atoms. The first-order chi connectivity index (χ1) is 10.7. The fourth-order valence-electron chi connectivity index (χ4n) is 2.81. The Morgan fingerprint density at radius 2 is 1.82 bits per heavy atom. The third kappa shape index (κ3) is 3.96. The van der Waals surface area contributed by atoms with Gasteiger partial charge in [0.1, 0.15) is 0 Å². The molecule has 0 atom stereocenters. The molecule has 4 nitrogen and oxygen atoms in total. The molecule has 2 heterocycles. The van der Waals surface area contributed by atoms with Crippen LogP contribution in [0.5, 0.6) is 0 Å². The van der Waals surface area contributed by atoms with Crippen LogP contribution < -0.4 is 0 Å². The van der Waals surface area contributed by atoms with Crippen molar-refractivity contribution in [2.24, 2.45) is 0 Å². The van der Waals surface area contributed by atoms with Crippen molar-refractivity contribution in [3.63, 3.8) is 0 Å². The number of halogens is 1. The summed E-state index contributed by atoms with van der Waals surface area (Å²) in [6.45, 7) is 2.79. The van der Waals surface area contributed by atoms with Gasteiger partial charge in [0, 0.05) is 36.7 Å². The summed E-state index contributed by atoms with van der Waals surface area (Å²) < 4.78 is 11.4. The summed E-state index contributed by atoms with van der Waals surface area (Å²) in [5, 5.41) is 0.739. The number of carbonyl (C=O) groups excluding carboxylic acids is 1. The predicted molar refractivity (Wildman–Crippen MR) is 88.1 cm³/mol. The quantitative estimate of drug-likeness (QED) is 0.844. The van der Waals surface area contributed by atoms with Crippen molar-refractivity contribution in [1.29, 1.82) is 0 Å². The molecule has 3 rings (SSSR count). The largest absolute Gasteiger partial charge is 0.347 e. The van der Waals surface area contributed by atoms with Crippen LogP contribution in [0.4, 0.5) is 0 Å². The minimum atomic E-state index is -0.409. The SMILES string of the molecule is O=C(CSCc1ccc(Cl)cc1)N1CCC2(CC1)OCCO2. The Morgan fingerprint density at radius 1 is 1.18 bits per heavy atom. The third-order valence-electron chi connectivity index (χ3n) is 4.10. The Bertz CT molecular complexity index is 507. The zero-order valence-corrected chi connectivity index (χ0v) is 14.0. The van der Waals surface area contributed by atoms with Gasteiger partial charge in [0.2, 0.25) is 5.91 Å². The highest BCUT2D eigenvalue weighted by molar-refractivity contribution is 7.99. The van der Waals surface area contributed by atoms with Crippen molar-refractivity contribution < 1.29 is 14.3 Å². The Hall–Kier alpha value is -0.750. The molecule has 1 amide bonds. The highest BCUT2D eigenvalue weighted by Gasteiger charge is 2.40. The number of benzene rings is 1. The van der Waals surface area contributed by atoms with E-state index in [2.05, 4.69) is 0 Å². The van der Waals surface area contributed by atoms with Crippen molar-refractivity contribution in [3.8, 4) is 0 Å². The van der Waals surface area contributed by atoms with Crippen LogP contribution >= 0.6 is 23.4 Å². The molecule has 0 saturated carbocycles. The molecule has 0 aliphatic carbocycles. The van der Waals surface area contributed by atoms with Crippen LogP contribution in [0, 0.1) is 0 Å². The maximum atomic E-state index is 12.2. The van der Waals surface area contributed by atoms with E-state index >= 15 is 0 Å². The fourth-order valence-corrected chi connectivity index (χ4v) is 3.82. The van der Waals surface area contributed by atoms with Gasteiger partial charge in [0.05, 0.1) is 19.0 Å². The summed E-state index contributed by atoms with van der Waals surface area (Å²) in [6, 6.07) is 7.76. The third-order valence-corrected chi connectivity index (χ3v) is 5.34. The van der Waals surface area contributed by atoms with Crippen LogP contribution in [-0.4, -0.2) is 48.7 Å². The van der Waals surface area contributed by atoms with E-state index in [0.717, 1.165) is 36.7 Å². The molecular formula is C16H20ClNO3S. The van der Waals surface area contributed by atoms with Gasteiger partial charge >= 0.3 is 0 Å². The molecule has 2 fully saturated rings. The molecular weight excluding hydrogens is 322 g/mol. The first kappa shape index (κ1) is 16.1. The van der Waals surface area contributed by atoms with Gasteiger partial charge in [-0.15, -0.1) is 11.8 Å². The van der Waals surface area contributed by atoms with Gasteiger partial charge < -0.3 is 14.4 Å². The molecule has 2 saturated heterocycles. The molecule has 2 aliphatic rings. The number of piperidine rings is 1. The second-order valence-corrected chi connectivity index (χ2v) is 7.03. The summed E-state index contributed by atoms with van der Waals surface area (Å²) in [7, 11) is 0. The first-order valence-electron chi connectivity index (χ1n) is 7.55. The van der Waals surface area contributed by atoms with E-state index in [4.69, 9.17) is 21.1 Å². The number of rotatable bonds is 4. The monoisotopic (exact) mass is 341 g/mol. The minimum Gasteiger partial charge on any atom is -0.347 e. The highest BCUT2D eigenvalue weighted by atomic mass is 35.5. The lowest BCUT2D eigenvalue weighted by atomic mass is 10.0. The van der Waals surface area contributed by atoms with E-state index in [1.54, 1.807) is 11.8 Å². The number of amides is 1. The van der Waals surface area contributed by atoms with E-state index < -0.39 is 5.79 Å². The average Bonchev–Trinajstić information content (AvgIpc) is 2.98. The zero-order valence-electron chi connectivity index (χ0n) is 12.4. The Labute approximate surface area is 140 Å². The van der Waals surface area contributed by atoms with Gasteiger partial charge in [0.25, 0.3) is 0 Å². The van der Waals surface area contributed by atoms with E-state index in [1.165, 1.54) is 5.56 Å². The fraction of sp³-hybridized carbons (Fsp3) is 0.562. The summed E-state index contributed by atoms with van der Waals surface area (Å²) in [4.78, 5) is 14.2. The van der Waals surface area contributed by atoms with Crippen molar-refractivity contribution >= 4 is 29.3 Å². The molecule has 2 aliphatic heterocycles. The summed E-state index contributed by atoms with van der Waals surface area (Å²) in [6.07, 6.45) is 1.56. The topological polar surface area (TPSA) is 38.8 Å². The summed E-state index contributed by atoms with van der Waals surface area (Å²) in [5.74, 6) is 1.13. The lowest BCUT2D eigenvalue weighted by Gasteiger charge is -2.37. The Balaban J connectivity index is 1.40. The van der Waals surface area contributed by atoms with Crippen LogP contribution in [0.3, 0.4) is 0 Å². The van der Waals surface area contributed by atoms with Gasteiger partial charge in [-0.25, -0.2) is 0 Å². The standard InChI is InChI=1S/C16H20ClNO3S/c17-14-3-1-13(2-4-14)11-22-12-15(19)18-7-5-16(6-8-18)20-9-10-21-16/h1-4H,5-12H2. The maximum absolute atomic E-state index is 12.2. The molecule has 1 aromatic rings. The second-order valence-electron chi connectivity index (χ2n) is 5.61.